The molecule has 0 atom stereocenters. The van der Waals surface area contributed by atoms with Gasteiger partial charge in [-0.25, -0.2) is 0 Å². The summed E-state index contributed by atoms with van der Waals surface area (Å²) >= 11 is 0. The average Bonchev–Trinajstić information content (AvgIpc) is 3.00. The first-order chi connectivity index (χ1) is 6.84. The maximum absolute atomic E-state index is 11.4. The Hall–Kier alpha value is -0.570. The van der Waals surface area contributed by atoms with E-state index >= 15 is 0 Å². The lowest BCUT2D eigenvalue weighted by atomic mass is 9.95. The molecule has 14 heavy (non-hydrogen) atoms. The van der Waals surface area contributed by atoms with E-state index in [1.807, 2.05) is 0 Å². The summed E-state index contributed by atoms with van der Waals surface area (Å²) in [5.41, 5.74) is 0. The summed E-state index contributed by atoms with van der Waals surface area (Å²) in [4.78, 5) is 11.4. The lowest BCUT2D eigenvalue weighted by molar-refractivity contribution is -0.121. The number of ether oxygens (including phenoxy) is 1. The zero-order chi connectivity index (χ0) is 9.80. The van der Waals surface area contributed by atoms with E-state index in [0.29, 0.717) is 18.4 Å². The standard InChI is InChI=1S/C11H19NO2/c13-11(12-10-2-3-10)4-1-9-5-7-14-8-6-9/h9-10H,1-8H2,(H,12,13). The van der Waals surface area contributed by atoms with Crippen LogP contribution in [0.15, 0.2) is 0 Å². The molecule has 1 saturated heterocycles. The first kappa shape index (κ1) is 9.97. The van der Waals surface area contributed by atoms with Crippen LogP contribution in [0.5, 0.6) is 0 Å². The largest absolute Gasteiger partial charge is 0.381 e. The zero-order valence-corrected chi connectivity index (χ0v) is 8.63. The van der Waals surface area contributed by atoms with Gasteiger partial charge in [0.15, 0.2) is 0 Å². The highest BCUT2D eigenvalue weighted by Gasteiger charge is 2.23. The topological polar surface area (TPSA) is 38.3 Å². The van der Waals surface area contributed by atoms with E-state index in [2.05, 4.69) is 5.32 Å². The van der Waals surface area contributed by atoms with Crippen molar-refractivity contribution in [2.24, 2.45) is 5.92 Å². The molecule has 1 saturated carbocycles. The molecule has 1 amide bonds. The number of nitrogens with one attached hydrogen (secondary N) is 1. The predicted molar refractivity (Wildman–Crippen MR) is 53.9 cm³/mol. The molecule has 1 N–H and O–H groups in total. The second-order valence-electron chi connectivity index (χ2n) is 4.44. The molecule has 0 spiro atoms. The molecule has 2 fully saturated rings. The average molecular weight is 197 g/mol. The molecule has 0 unspecified atom stereocenters. The Balaban J connectivity index is 1.57. The van der Waals surface area contributed by atoms with Crippen LogP contribution in [0, 0.1) is 5.92 Å². The fourth-order valence-corrected chi connectivity index (χ4v) is 1.90. The summed E-state index contributed by atoms with van der Waals surface area (Å²) in [6.45, 7) is 1.77. The molecule has 3 heteroatoms. The molecule has 0 aromatic rings. The van der Waals surface area contributed by atoms with Gasteiger partial charge in [-0.3, -0.25) is 4.79 Å². The third kappa shape index (κ3) is 3.29. The third-order valence-electron chi connectivity index (χ3n) is 3.06. The van der Waals surface area contributed by atoms with Crippen molar-refractivity contribution >= 4 is 5.91 Å². The van der Waals surface area contributed by atoms with Crippen LogP contribution >= 0.6 is 0 Å². The molecule has 1 aliphatic heterocycles. The fourth-order valence-electron chi connectivity index (χ4n) is 1.90. The van der Waals surface area contributed by atoms with Crippen LogP contribution in [0.3, 0.4) is 0 Å². The number of hydrogen-bond donors (Lipinski definition) is 1. The molecule has 3 nitrogen and oxygen atoms in total. The van der Waals surface area contributed by atoms with Crippen LogP contribution in [0.25, 0.3) is 0 Å². The van der Waals surface area contributed by atoms with Gasteiger partial charge in [-0.15, -0.1) is 0 Å². The fraction of sp³-hybridized carbons (Fsp3) is 0.909. The van der Waals surface area contributed by atoms with Crippen molar-refractivity contribution in [1.29, 1.82) is 0 Å². The Morgan fingerprint density at radius 3 is 2.57 bits per heavy atom. The number of rotatable bonds is 4. The Bertz CT molecular complexity index is 195. The van der Waals surface area contributed by atoms with Gasteiger partial charge >= 0.3 is 0 Å². The van der Waals surface area contributed by atoms with Crippen LogP contribution in [0.2, 0.25) is 0 Å². The molecule has 2 rings (SSSR count). The van der Waals surface area contributed by atoms with Gasteiger partial charge in [0.25, 0.3) is 0 Å². The van der Waals surface area contributed by atoms with Crippen molar-refractivity contribution in [3.63, 3.8) is 0 Å². The quantitative estimate of drug-likeness (QED) is 0.741. The monoisotopic (exact) mass is 197 g/mol. The molecule has 0 aromatic heterocycles. The minimum Gasteiger partial charge on any atom is -0.381 e. The molecular weight excluding hydrogens is 178 g/mol. The van der Waals surface area contributed by atoms with Gasteiger partial charge in [0.1, 0.15) is 0 Å². The van der Waals surface area contributed by atoms with Gasteiger partial charge in [-0.05, 0) is 38.0 Å². The van der Waals surface area contributed by atoms with Gasteiger partial charge < -0.3 is 10.1 Å². The summed E-state index contributed by atoms with van der Waals surface area (Å²) in [5.74, 6) is 0.965. The Morgan fingerprint density at radius 2 is 1.93 bits per heavy atom. The number of amides is 1. The van der Waals surface area contributed by atoms with E-state index in [4.69, 9.17) is 4.74 Å². The highest BCUT2D eigenvalue weighted by atomic mass is 16.5. The van der Waals surface area contributed by atoms with E-state index < -0.39 is 0 Å². The van der Waals surface area contributed by atoms with E-state index in [9.17, 15) is 4.79 Å². The van der Waals surface area contributed by atoms with Gasteiger partial charge in [0.05, 0.1) is 0 Å². The minimum atomic E-state index is 0.249. The van der Waals surface area contributed by atoms with Crippen molar-refractivity contribution < 1.29 is 9.53 Å². The van der Waals surface area contributed by atoms with Crippen LogP contribution in [0.1, 0.15) is 38.5 Å². The molecule has 80 valence electrons. The predicted octanol–water partition coefficient (Wildman–Crippen LogP) is 1.47. The second kappa shape index (κ2) is 4.78. The van der Waals surface area contributed by atoms with Gasteiger partial charge in [-0.1, -0.05) is 0 Å². The van der Waals surface area contributed by atoms with Crippen LogP contribution < -0.4 is 5.32 Å². The van der Waals surface area contributed by atoms with E-state index in [1.165, 1.54) is 12.8 Å². The lowest BCUT2D eigenvalue weighted by Crippen LogP contribution is -2.26. The third-order valence-corrected chi connectivity index (χ3v) is 3.06. The highest BCUT2D eigenvalue weighted by molar-refractivity contribution is 5.76. The first-order valence-electron chi connectivity index (χ1n) is 5.71. The van der Waals surface area contributed by atoms with Crippen molar-refractivity contribution in [3.05, 3.63) is 0 Å². The van der Waals surface area contributed by atoms with Crippen molar-refractivity contribution in [2.75, 3.05) is 13.2 Å². The summed E-state index contributed by atoms with van der Waals surface area (Å²) in [6.07, 6.45) is 6.39. The number of hydrogen-bond acceptors (Lipinski definition) is 2. The van der Waals surface area contributed by atoms with Crippen molar-refractivity contribution in [2.45, 2.75) is 44.6 Å². The van der Waals surface area contributed by atoms with Gasteiger partial charge in [0, 0.05) is 25.7 Å². The first-order valence-corrected chi connectivity index (χ1v) is 5.71. The maximum atomic E-state index is 11.4. The number of carbonyl (C=O) groups is 1. The highest BCUT2D eigenvalue weighted by Crippen LogP contribution is 2.21. The van der Waals surface area contributed by atoms with E-state index in [0.717, 1.165) is 32.5 Å². The van der Waals surface area contributed by atoms with E-state index in [-0.39, 0.29) is 5.91 Å². The van der Waals surface area contributed by atoms with Crippen molar-refractivity contribution in [3.8, 4) is 0 Å². The molecule has 0 bridgehead atoms. The summed E-state index contributed by atoms with van der Waals surface area (Å²) in [7, 11) is 0. The molecule has 2 aliphatic rings. The smallest absolute Gasteiger partial charge is 0.220 e. The molecule has 0 radical (unpaired) electrons. The second-order valence-corrected chi connectivity index (χ2v) is 4.44. The summed E-state index contributed by atoms with van der Waals surface area (Å²) in [6, 6.07) is 0.511. The number of carbonyl (C=O) groups excluding carboxylic acids is 1. The molecule has 1 aliphatic carbocycles. The molecule has 1 heterocycles. The van der Waals surface area contributed by atoms with Gasteiger partial charge in [0.2, 0.25) is 5.91 Å². The summed E-state index contributed by atoms with van der Waals surface area (Å²) < 4.78 is 5.28. The molecular formula is C11H19NO2. The zero-order valence-electron chi connectivity index (χ0n) is 8.63. The Kier molecular flexibility index (Phi) is 3.40. The Labute approximate surface area is 85.2 Å². The maximum Gasteiger partial charge on any atom is 0.220 e. The normalized spacial score (nSPS) is 23.4. The molecule has 0 aromatic carbocycles. The SMILES string of the molecule is O=C(CCC1CCOCC1)NC1CC1. The summed E-state index contributed by atoms with van der Waals surface area (Å²) in [5, 5.41) is 3.02. The Morgan fingerprint density at radius 1 is 1.21 bits per heavy atom. The van der Waals surface area contributed by atoms with Crippen LogP contribution in [0.4, 0.5) is 0 Å². The van der Waals surface area contributed by atoms with Crippen LogP contribution in [-0.4, -0.2) is 25.2 Å². The van der Waals surface area contributed by atoms with Crippen LogP contribution in [-0.2, 0) is 9.53 Å². The lowest BCUT2D eigenvalue weighted by Gasteiger charge is -2.21. The van der Waals surface area contributed by atoms with Crippen molar-refractivity contribution in [1.82, 2.24) is 5.32 Å². The minimum absolute atomic E-state index is 0.249. The van der Waals surface area contributed by atoms with E-state index in [1.54, 1.807) is 0 Å². The van der Waals surface area contributed by atoms with Gasteiger partial charge in [-0.2, -0.15) is 0 Å².